The van der Waals surface area contributed by atoms with Crippen LogP contribution >= 0.6 is 11.6 Å². The molecule has 1 amide bonds. The second-order valence-corrected chi connectivity index (χ2v) is 6.44. The van der Waals surface area contributed by atoms with Crippen LogP contribution in [0.15, 0.2) is 54.6 Å². The largest absolute Gasteiger partial charge is 0.452 e. The van der Waals surface area contributed by atoms with E-state index >= 15 is 0 Å². The Kier molecular flexibility index (Phi) is 6.04. The summed E-state index contributed by atoms with van der Waals surface area (Å²) in [5.41, 5.74) is 2.51. The third-order valence-electron chi connectivity index (χ3n) is 3.98. The van der Waals surface area contributed by atoms with Crippen LogP contribution in [0.2, 0.25) is 5.02 Å². The number of aromatic nitrogens is 1. The summed E-state index contributed by atoms with van der Waals surface area (Å²) in [6, 6.07) is 16.2. The van der Waals surface area contributed by atoms with Gasteiger partial charge >= 0.3 is 5.97 Å². The number of carbonyl (C=O) groups is 2. The molecule has 0 aliphatic heterocycles. The van der Waals surface area contributed by atoms with Crippen molar-refractivity contribution in [2.24, 2.45) is 0 Å². The summed E-state index contributed by atoms with van der Waals surface area (Å²) in [6.07, 6.45) is 0.819. The number of amides is 1. The molecule has 1 aromatic heterocycles. The molecule has 1 N–H and O–H groups in total. The summed E-state index contributed by atoms with van der Waals surface area (Å²) in [5.74, 6) is -0.878. The van der Waals surface area contributed by atoms with Crippen molar-refractivity contribution in [3.63, 3.8) is 0 Å². The van der Waals surface area contributed by atoms with Crippen LogP contribution in [0.3, 0.4) is 0 Å². The molecule has 5 nitrogen and oxygen atoms in total. The van der Waals surface area contributed by atoms with E-state index in [4.69, 9.17) is 16.3 Å². The molecule has 0 aliphatic rings. The maximum absolute atomic E-state index is 12.6. The van der Waals surface area contributed by atoms with Gasteiger partial charge < -0.3 is 10.1 Å². The lowest BCUT2D eigenvalue weighted by molar-refractivity contribution is -0.124. The molecule has 0 saturated carbocycles. The van der Waals surface area contributed by atoms with Gasteiger partial charge in [0, 0.05) is 22.5 Å². The van der Waals surface area contributed by atoms with Gasteiger partial charge in [-0.3, -0.25) is 4.79 Å². The number of hydrogen-bond donors (Lipinski definition) is 1. The van der Waals surface area contributed by atoms with E-state index in [1.165, 1.54) is 0 Å². The molecular formula is C21H19ClN2O3. The van der Waals surface area contributed by atoms with Crippen LogP contribution in [-0.4, -0.2) is 30.0 Å². The Morgan fingerprint density at radius 2 is 1.85 bits per heavy atom. The van der Waals surface area contributed by atoms with Crippen LogP contribution in [0, 0.1) is 0 Å². The predicted octanol–water partition coefficient (Wildman–Crippen LogP) is 4.24. The highest BCUT2D eigenvalue weighted by Crippen LogP contribution is 2.26. The number of fused-ring (bicyclic) bond motifs is 1. The molecule has 0 bridgehead atoms. The maximum atomic E-state index is 12.6. The number of carbonyl (C=O) groups excluding carboxylic acids is 2. The number of esters is 1. The Balaban J connectivity index is 1.92. The number of halogens is 1. The zero-order valence-corrected chi connectivity index (χ0v) is 15.6. The molecule has 1 heterocycles. The van der Waals surface area contributed by atoms with Gasteiger partial charge in [0.1, 0.15) is 0 Å². The molecule has 0 atom stereocenters. The molecule has 27 heavy (non-hydrogen) atoms. The zero-order chi connectivity index (χ0) is 19.2. The molecule has 0 saturated heterocycles. The molecule has 2 aromatic carbocycles. The lowest BCUT2D eigenvalue weighted by Gasteiger charge is -2.10. The van der Waals surface area contributed by atoms with Crippen molar-refractivity contribution in [2.75, 3.05) is 13.2 Å². The minimum Gasteiger partial charge on any atom is -0.452 e. The first-order valence-electron chi connectivity index (χ1n) is 8.68. The average molecular weight is 383 g/mol. The topological polar surface area (TPSA) is 68.3 Å². The van der Waals surface area contributed by atoms with E-state index in [0.717, 1.165) is 12.0 Å². The third-order valence-corrected chi connectivity index (χ3v) is 4.23. The molecule has 138 valence electrons. The summed E-state index contributed by atoms with van der Waals surface area (Å²) < 4.78 is 5.21. The number of para-hydroxylation sites is 1. The van der Waals surface area contributed by atoms with Crippen molar-refractivity contribution < 1.29 is 14.3 Å². The standard InChI is InChI=1S/C21H19ClN2O3/c1-2-11-23-20(25)13-27-21(26)17-12-19(14-7-9-15(22)10-8-14)24-18-6-4-3-5-16(17)18/h3-10,12H,2,11,13H2,1H3,(H,23,25). The number of benzene rings is 2. The van der Waals surface area contributed by atoms with E-state index in [1.54, 1.807) is 18.2 Å². The smallest absolute Gasteiger partial charge is 0.339 e. The summed E-state index contributed by atoms with van der Waals surface area (Å²) in [4.78, 5) is 29.0. The van der Waals surface area contributed by atoms with Crippen molar-refractivity contribution in [1.82, 2.24) is 10.3 Å². The monoisotopic (exact) mass is 382 g/mol. The van der Waals surface area contributed by atoms with E-state index in [-0.39, 0.29) is 12.5 Å². The van der Waals surface area contributed by atoms with E-state index in [1.807, 2.05) is 43.3 Å². The summed E-state index contributed by atoms with van der Waals surface area (Å²) >= 11 is 5.95. The second-order valence-electron chi connectivity index (χ2n) is 6.01. The van der Waals surface area contributed by atoms with Gasteiger partial charge in [0.25, 0.3) is 5.91 Å². The van der Waals surface area contributed by atoms with Crippen LogP contribution in [-0.2, 0) is 9.53 Å². The molecule has 0 aliphatic carbocycles. The van der Waals surface area contributed by atoms with E-state index < -0.39 is 5.97 Å². The van der Waals surface area contributed by atoms with Crippen LogP contribution in [0.4, 0.5) is 0 Å². The molecular weight excluding hydrogens is 364 g/mol. The first kappa shape index (κ1) is 18.9. The lowest BCUT2D eigenvalue weighted by atomic mass is 10.0. The maximum Gasteiger partial charge on any atom is 0.339 e. The summed E-state index contributed by atoms with van der Waals surface area (Å²) in [5, 5.41) is 3.98. The number of rotatable bonds is 6. The number of nitrogens with one attached hydrogen (secondary N) is 1. The highest BCUT2D eigenvalue weighted by atomic mass is 35.5. The Bertz CT molecular complexity index is 971. The molecule has 0 spiro atoms. The molecule has 6 heteroatoms. The van der Waals surface area contributed by atoms with Crippen LogP contribution in [0.5, 0.6) is 0 Å². The SMILES string of the molecule is CCCNC(=O)COC(=O)c1cc(-c2ccc(Cl)cc2)nc2ccccc12. The van der Waals surface area contributed by atoms with Gasteiger partial charge in [-0.05, 0) is 30.7 Å². The van der Waals surface area contributed by atoms with Gasteiger partial charge in [-0.2, -0.15) is 0 Å². The van der Waals surface area contributed by atoms with Crippen molar-refractivity contribution in [2.45, 2.75) is 13.3 Å². The fourth-order valence-electron chi connectivity index (χ4n) is 2.64. The average Bonchev–Trinajstić information content (AvgIpc) is 2.70. The Labute approximate surface area is 162 Å². The lowest BCUT2D eigenvalue weighted by Crippen LogP contribution is -2.29. The van der Waals surface area contributed by atoms with Gasteiger partial charge in [0.05, 0.1) is 16.8 Å². The predicted molar refractivity (Wildman–Crippen MR) is 106 cm³/mol. The van der Waals surface area contributed by atoms with Gasteiger partial charge in [-0.1, -0.05) is 48.9 Å². The Morgan fingerprint density at radius 1 is 1.11 bits per heavy atom. The van der Waals surface area contributed by atoms with Crippen molar-refractivity contribution in [1.29, 1.82) is 0 Å². The second kappa shape index (κ2) is 8.64. The summed E-state index contributed by atoms with van der Waals surface area (Å²) in [7, 11) is 0. The first-order valence-corrected chi connectivity index (χ1v) is 9.06. The Morgan fingerprint density at radius 3 is 2.59 bits per heavy atom. The van der Waals surface area contributed by atoms with E-state index in [2.05, 4.69) is 10.3 Å². The quantitative estimate of drug-likeness (QED) is 0.647. The van der Waals surface area contributed by atoms with Gasteiger partial charge in [-0.15, -0.1) is 0 Å². The molecule has 3 rings (SSSR count). The van der Waals surface area contributed by atoms with Gasteiger partial charge in [-0.25, -0.2) is 9.78 Å². The fraction of sp³-hybridized carbons (Fsp3) is 0.190. The van der Waals surface area contributed by atoms with E-state index in [0.29, 0.717) is 33.7 Å². The number of ether oxygens (including phenoxy) is 1. The van der Waals surface area contributed by atoms with Gasteiger partial charge in [0.15, 0.2) is 6.61 Å². The number of hydrogen-bond acceptors (Lipinski definition) is 4. The van der Waals surface area contributed by atoms with Crippen LogP contribution in [0.25, 0.3) is 22.2 Å². The van der Waals surface area contributed by atoms with Crippen LogP contribution < -0.4 is 5.32 Å². The fourth-order valence-corrected chi connectivity index (χ4v) is 2.76. The molecule has 3 aromatic rings. The van der Waals surface area contributed by atoms with Crippen molar-refractivity contribution in [3.05, 3.63) is 65.2 Å². The zero-order valence-electron chi connectivity index (χ0n) is 14.9. The number of pyridine rings is 1. The highest BCUT2D eigenvalue weighted by molar-refractivity contribution is 6.30. The van der Waals surface area contributed by atoms with Crippen LogP contribution in [0.1, 0.15) is 23.7 Å². The normalized spacial score (nSPS) is 10.6. The minimum absolute atomic E-state index is 0.314. The molecule has 0 radical (unpaired) electrons. The molecule has 0 fully saturated rings. The van der Waals surface area contributed by atoms with Crippen molar-refractivity contribution in [3.8, 4) is 11.3 Å². The first-order chi connectivity index (χ1) is 13.1. The Hall–Kier alpha value is -2.92. The number of nitrogens with zero attached hydrogens (tertiary/aromatic N) is 1. The van der Waals surface area contributed by atoms with Crippen molar-refractivity contribution >= 4 is 34.4 Å². The third kappa shape index (κ3) is 4.63. The minimum atomic E-state index is -0.560. The summed E-state index contributed by atoms with van der Waals surface area (Å²) in [6.45, 7) is 2.19. The highest BCUT2D eigenvalue weighted by Gasteiger charge is 2.16. The van der Waals surface area contributed by atoms with E-state index in [9.17, 15) is 9.59 Å². The van der Waals surface area contributed by atoms with Gasteiger partial charge in [0.2, 0.25) is 0 Å². The molecule has 0 unspecified atom stereocenters.